The Kier molecular flexibility index (Phi) is 5.24. The number of ketones is 1. The zero-order chi connectivity index (χ0) is 12.0. The summed E-state index contributed by atoms with van der Waals surface area (Å²) in [4.78, 5) is 11.9. The number of hydrogen-bond donors (Lipinski definition) is 0. The minimum atomic E-state index is 0.0494. The van der Waals surface area contributed by atoms with Crippen molar-refractivity contribution in [2.24, 2.45) is 5.92 Å². The maximum absolute atomic E-state index is 11.9. The summed E-state index contributed by atoms with van der Waals surface area (Å²) in [5.74, 6) is 1.11. The zero-order valence-corrected chi connectivity index (χ0v) is 10.6. The first kappa shape index (κ1) is 13.0. The lowest BCUT2D eigenvalue weighted by Crippen LogP contribution is -2.09. The summed E-state index contributed by atoms with van der Waals surface area (Å²) in [6.07, 6.45) is 2.88. The van der Waals surface area contributed by atoms with Crippen molar-refractivity contribution in [3.8, 4) is 0 Å². The number of benzene rings is 1. The summed E-state index contributed by atoms with van der Waals surface area (Å²) < 4.78 is 0. The predicted molar refractivity (Wildman–Crippen MR) is 68.6 cm³/mol. The van der Waals surface area contributed by atoms with E-state index in [4.69, 9.17) is 0 Å². The van der Waals surface area contributed by atoms with Crippen LogP contribution in [-0.2, 0) is 4.79 Å². The Morgan fingerprint density at radius 1 is 1.12 bits per heavy atom. The molecule has 0 aliphatic rings. The molecule has 1 heteroatoms. The number of rotatable bonds is 6. The molecule has 1 nitrogen and oxygen atoms in total. The van der Waals surface area contributed by atoms with Crippen molar-refractivity contribution < 1.29 is 4.79 Å². The molecule has 1 aromatic carbocycles. The Morgan fingerprint density at radius 2 is 1.75 bits per heavy atom. The molecular weight excluding hydrogens is 196 g/mol. The quantitative estimate of drug-likeness (QED) is 0.700. The fraction of sp³-hybridized carbons (Fsp3) is 0.533. The van der Waals surface area contributed by atoms with Gasteiger partial charge in [0.25, 0.3) is 0 Å². The van der Waals surface area contributed by atoms with Crippen molar-refractivity contribution in [3.05, 3.63) is 35.9 Å². The van der Waals surface area contributed by atoms with Crippen LogP contribution in [0.2, 0.25) is 0 Å². The largest absolute Gasteiger partial charge is 0.299 e. The Morgan fingerprint density at radius 3 is 2.31 bits per heavy atom. The molecule has 1 unspecified atom stereocenters. The van der Waals surface area contributed by atoms with Gasteiger partial charge >= 0.3 is 0 Å². The van der Waals surface area contributed by atoms with E-state index in [1.807, 2.05) is 37.3 Å². The third-order valence-corrected chi connectivity index (χ3v) is 2.99. The molecule has 0 heterocycles. The first-order valence-electron chi connectivity index (χ1n) is 6.19. The molecule has 0 fully saturated rings. The molecule has 0 saturated carbocycles. The van der Waals surface area contributed by atoms with Crippen LogP contribution in [0.4, 0.5) is 0 Å². The van der Waals surface area contributed by atoms with Gasteiger partial charge in [-0.15, -0.1) is 0 Å². The van der Waals surface area contributed by atoms with Crippen LogP contribution in [0, 0.1) is 5.92 Å². The van der Waals surface area contributed by atoms with Crippen molar-refractivity contribution in [1.82, 2.24) is 0 Å². The second-order valence-electron chi connectivity index (χ2n) is 4.88. The average molecular weight is 218 g/mol. The van der Waals surface area contributed by atoms with E-state index in [2.05, 4.69) is 13.8 Å². The minimum absolute atomic E-state index is 0.0494. The van der Waals surface area contributed by atoms with Crippen LogP contribution in [0.15, 0.2) is 30.3 Å². The van der Waals surface area contributed by atoms with Crippen LogP contribution in [0.3, 0.4) is 0 Å². The van der Waals surface area contributed by atoms with Gasteiger partial charge in [0.2, 0.25) is 0 Å². The predicted octanol–water partition coefficient (Wildman–Crippen LogP) is 4.19. The highest BCUT2D eigenvalue weighted by Crippen LogP contribution is 2.19. The van der Waals surface area contributed by atoms with Gasteiger partial charge < -0.3 is 0 Å². The van der Waals surface area contributed by atoms with Crippen LogP contribution in [0.5, 0.6) is 0 Å². The molecule has 0 aromatic heterocycles. The number of carbonyl (C=O) groups is 1. The second-order valence-corrected chi connectivity index (χ2v) is 4.88. The van der Waals surface area contributed by atoms with E-state index in [0.29, 0.717) is 18.1 Å². The number of carbonyl (C=O) groups excluding carboxylic acids is 1. The van der Waals surface area contributed by atoms with E-state index < -0.39 is 0 Å². The maximum Gasteiger partial charge on any atom is 0.140 e. The van der Waals surface area contributed by atoms with E-state index in [9.17, 15) is 4.79 Å². The van der Waals surface area contributed by atoms with Crippen molar-refractivity contribution in [3.63, 3.8) is 0 Å². The van der Waals surface area contributed by atoms with Gasteiger partial charge in [0.05, 0.1) is 0 Å². The topological polar surface area (TPSA) is 17.1 Å². The van der Waals surface area contributed by atoms with Crippen molar-refractivity contribution in [2.45, 2.75) is 46.0 Å². The van der Waals surface area contributed by atoms with Crippen LogP contribution in [-0.4, -0.2) is 5.78 Å². The van der Waals surface area contributed by atoms with Gasteiger partial charge in [0.1, 0.15) is 5.78 Å². The number of hydrogen-bond acceptors (Lipinski definition) is 1. The molecule has 0 bridgehead atoms. The summed E-state index contributed by atoms with van der Waals surface area (Å²) in [6.45, 7) is 6.41. The summed E-state index contributed by atoms with van der Waals surface area (Å²) >= 11 is 0. The Labute approximate surface area is 98.9 Å². The lowest BCUT2D eigenvalue weighted by Gasteiger charge is -2.11. The fourth-order valence-corrected chi connectivity index (χ4v) is 1.83. The van der Waals surface area contributed by atoms with Gasteiger partial charge in [-0.25, -0.2) is 0 Å². The lowest BCUT2D eigenvalue weighted by atomic mass is 9.93. The first-order valence-corrected chi connectivity index (χ1v) is 6.19. The molecule has 0 saturated heterocycles. The standard InChI is InChI=1S/C15H22O/c1-12(2)8-7-11-15(16)13(3)14-9-5-4-6-10-14/h4-6,9-10,12-13H,7-8,11H2,1-3H3. The molecule has 1 rings (SSSR count). The van der Waals surface area contributed by atoms with E-state index in [1.54, 1.807) is 0 Å². The monoisotopic (exact) mass is 218 g/mol. The molecule has 0 radical (unpaired) electrons. The number of Topliss-reactive ketones (excluding diaryl/α,β-unsaturated/α-hetero) is 1. The molecule has 16 heavy (non-hydrogen) atoms. The highest BCUT2D eigenvalue weighted by atomic mass is 16.1. The third kappa shape index (κ3) is 4.18. The van der Waals surface area contributed by atoms with Crippen LogP contribution >= 0.6 is 0 Å². The van der Waals surface area contributed by atoms with Crippen LogP contribution in [0.1, 0.15) is 51.5 Å². The second kappa shape index (κ2) is 6.47. The summed E-state index contributed by atoms with van der Waals surface area (Å²) in [6, 6.07) is 10.0. The van der Waals surface area contributed by atoms with E-state index in [0.717, 1.165) is 18.4 Å². The Bertz CT molecular complexity index is 313. The van der Waals surface area contributed by atoms with Crippen LogP contribution in [0.25, 0.3) is 0 Å². The molecule has 0 aliphatic heterocycles. The Hall–Kier alpha value is -1.11. The Balaban J connectivity index is 2.43. The van der Waals surface area contributed by atoms with Gasteiger partial charge in [-0.3, -0.25) is 4.79 Å². The molecule has 1 atom stereocenters. The maximum atomic E-state index is 11.9. The summed E-state index contributed by atoms with van der Waals surface area (Å²) in [5.41, 5.74) is 1.14. The van der Waals surface area contributed by atoms with Gasteiger partial charge in [-0.1, -0.05) is 57.5 Å². The van der Waals surface area contributed by atoms with Crippen molar-refractivity contribution >= 4 is 5.78 Å². The third-order valence-electron chi connectivity index (χ3n) is 2.99. The normalized spacial score (nSPS) is 12.8. The molecular formula is C15H22O. The van der Waals surface area contributed by atoms with E-state index in [-0.39, 0.29) is 5.92 Å². The summed E-state index contributed by atoms with van der Waals surface area (Å²) in [7, 11) is 0. The van der Waals surface area contributed by atoms with Gasteiger partial charge in [0, 0.05) is 12.3 Å². The van der Waals surface area contributed by atoms with Gasteiger partial charge in [-0.05, 0) is 17.9 Å². The van der Waals surface area contributed by atoms with E-state index >= 15 is 0 Å². The average Bonchev–Trinajstić information content (AvgIpc) is 2.28. The molecule has 0 aliphatic carbocycles. The lowest BCUT2D eigenvalue weighted by molar-refractivity contribution is -0.120. The highest BCUT2D eigenvalue weighted by Gasteiger charge is 2.14. The molecule has 88 valence electrons. The van der Waals surface area contributed by atoms with Crippen molar-refractivity contribution in [2.75, 3.05) is 0 Å². The van der Waals surface area contributed by atoms with Crippen LogP contribution < -0.4 is 0 Å². The minimum Gasteiger partial charge on any atom is -0.299 e. The molecule has 0 spiro atoms. The van der Waals surface area contributed by atoms with Gasteiger partial charge in [-0.2, -0.15) is 0 Å². The van der Waals surface area contributed by atoms with E-state index in [1.165, 1.54) is 0 Å². The first-order chi connectivity index (χ1) is 7.61. The fourth-order valence-electron chi connectivity index (χ4n) is 1.83. The summed E-state index contributed by atoms with van der Waals surface area (Å²) in [5, 5.41) is 0. The zero-order valence-electron chi connectivity index (χ0n) is 10.6. The highest BCUT2D eigenvalue weighted by molar-refractivity contribution is 5.85. The SMILES string of the molecule is CC(C)CCCC(=O)C(C)c1ccccc1. The smallest absolute Gasteiger partial charge is 0.140 e. The van der Waals surface area contributed by atoms with Crippen molar-refractivity contribution in [1.29, 1.82) is 0 Å². The van der Waals surface area contributed by atoms with Gasteiger partial charge in [0.15, 0.2) is 0 Å². The molecule has 0 amide bonds. The molecule has 0 N–H and O–H groups in total. The molecule has 1 aromatic rings.